The van der Waals surface area contributed by atoms with Crippen LogP contribution in [0.3, 0.4) is 0 Å². The largest absolute Gasteiger partial charge is 0.381 e. The number of nitrogens with one attached hydrogen (secondary N) is 2. The van der Waals surface area contributed by atoms with Gasteiger partial charge in [-0.15, -0.1) is 0 Å². The molecule has 0 saturated carbocycles. The second kappa shape index (κ2) is 12.1. The molecule has 1 unspecified atom stereocenters. The first-order valence-electron chi connectivity index (χ1n) is 9.12. The summed E-state index contributed by atoms with van der Waals surface area (Å²) in [4.78, 5) is 4.24. The van der Waals surface area contributed by atoms with Crippen molar-refractivity contribution in [3.63, 3.8) is 0 Å². The van der Waals surface area contributed by atoms with Crippen LogP contribution >= 0.6 is 11.6 Å². The van der Waals surface area contributed by atoms with Crippen LogP contribution in [0.1, 0.15) is 24.8 Å². The number of hydrogen-bond donors (Lipinski definition) is 2. The van der Waals surface area contributed by atoms with Gasteiger partial charge in [-0.05, 0) is 43.4 Å². The van der Waals surface area contributed by atoms with Gasteiger partial charge in [0.25, 0.3) is 0 Å². The molecule has 0 aromatic heterocycles. The van der Waals surface area contributed by atoms with Crippen molar-refractivity contribution in [3.8, 4) is 0 Å². The summed E-state index contributed by atoms with van der Waals surface area (Å²) in [5.41, 5.74) is 1.30. The quantitative estimate of drug-likeness (QED) is 0.379. The van der Waals surface area contributed by atoms with Crippen molar-refractivity contribution in [1.82, 2.24) is 10.6 Å². The van der Waals surface area contributed by atoms with Gasteiger partial charge in [0.1, 0.15) is 0 Å². The number of halogens is 1. The molecule has 1 atom stereocenters. The molecule has 0 aliphatic carbocycles. The first-order chi connectivity index (χ1) is 12.3. The van der Waals surface area contributed by atoms with Crippen LogP contribution in [-0.2, 0) is 15.9 Å². The zero-order chi connectivity index (χ0) is 17.7. The standard InChI is InChI=1S/C19H30ClN3O2/c1-21-19(22-10-2-4-16-5-7-18(20)8-6-16)23-11-3-12-24-14-17-9-13-25-15-17/h5-8,17H,2-4,9-15H2,1H3,(H2,21,22,23). The maximum Gasteiger partial charge on any atom is 0.190 e. The van der Waals surface area contributed by atoms with Gasteiger partial charge in [0, 0.05) is 44.3 Å². The van der Waals surface area contributed by atoms with E-state index < -0.39 is 0 Å². The summed E-state index contributed by atoms with van der Waals surface area (Å²) in [6.07, 6.45) is 4.18. The Morgan fingerprint density at radius 2 is 2.00 bits per heavy atom. The normalized spacial score (nSPS) is 17.7. The van der Waals surface area contributed by atoms with Gasteiger partial charge in [0.15, 0.2) is 5.96 Å². The number of nitrogens with zero attached hydrogens (tertiary/aromatic N) is 1. The number of aliphatic imine (C=N–C) groups is 1. The highest BCUT2D eigenvalue weighted by molar-refractivity contribution is 6.30. The fourth-order valence-corrected chi connectivity index (χ4v) is 2.84. The maximum atomic E-state index is 5.90. The Morgan fingerprint density at radius 1 is 1.24 bits per heavy atom. The third-order valence-corrected chi connectivity index (χ3v) is 4.46. The van der Waals surface area contributed by atoms with Crippen molar-refractivity contribution >= 4 is 17.6 Å². The van der Waals surface area contributed by atoms with Crippen molar-refractivity contribution < 1.29 is 9.47 Å². The lowest BCUT2D eigenvalue weighted by Gasteiger charge is -2.12. The summed E-state index contributed by atoms with van der Waals surface area (Å²) in [5, 5.41) is 7.45. The Kier molecular flexibility index (Phi) is 9.70. The minimum atomic E-state index is 0.586. The van der Waals surface area contributed by atoms with E-state index in [0.29, 0.717) is 5.92 Å². The lowest BCUT2D eigenvalue weighted by Crippen LogP contribution is -2.38. The van der Waals surface area contributed by atoms with Crippen molar-refractivity contribution in [3.05, 3.63) is 34.9 Å². The summed E-state index contributed by atoms with van der Waals surface area (Å²) in [7, 11) is 1.80. The molecule has 140 valence electrons. The topological polar surface area (TPSA) is 54.9 Å². The van der Waals surface area contributed by atoms with E-state index in [1.165, 1.54) is 5.56 Å². The fourth-order valence-electron chi connectivity index (χ4n) is 2.72. The average Bonchev–Trinajstić information content (AvgIpc) is 3.14. The monoisotopic (exact) mass is 367 g/mol. The van der Waals surface area contributed by atoms with Crippen molar-refractivity contribution in [2.45, 2.75) is 25.7 Å². The van der Waals surface area contributed by atoms with Crippen LogP contribution in [0, 0.1) is 5.92 Å². The lowest BCUT2D eigenvalue weighted by molar-refractivity contribution is 0.0888. The van der Waals surface area contributed by atoms with Crippen LogP contribution in [0.25, 0.3) is 0 Å². The van der Waals surface area contributed by atoms with E-state index in [1.54, 1.807) is 7.05 Å². The highest BCUT2D eigenvalue weighted by Gasteiger charge is 2.15. The minimum Gasteiger partial charge on any atom is -0.381 e. The molecule has 1 aliphatic heterocycles. The molecular weight excluding hydrogens is 338 g/mol. The van der Waals surface area contributed by atoms with Crippen molar-refractivity contribution in [1.29, 1.82) is 0 Å². The Bertz CT molecular complexity index is 502. The average molecular weight is 368 g/mol. The zero-order valence-electron chi connectivity index (χ0n) is 15.1. The molecule has 1 fully saturated rings. The molecule has 25 heavy (non-hydrogen) atoms. The molecule has 1 heterocycles. The molecule has 1 saturated heterocycles. The summed E-state index contributed by atoms with van der Waals surface area (Å²) in [6, 6.07) is 8.03. The molecule has 2 rings (SSSR count). The van der Waals surface area contributed by atoms with Crippen LogP contribution in [-0.4, -0.2) is 52.5 Å². The van der Waals surface area contributed by atoms with Gasteiger partial charge in [-0.3, -0.25) is 4.99 Å². The first kappa shape index (κ1) is 20.0. The smallest absolute Gasteiger partial charge is 0.190 e. The van der Waals surface area contributed by atoms with E-state index in [0.717, 1.165) is 76.2 Å². The number of hydrogen-bond acceptors (Lipinski definition) is 3. The van der Waals surface area contributed by atoms with Crippen LogP contribution in [0.15, 0.2) is 29.3 Å². The van der Waals surface area contributed by atoms with E-state index in [9.17, 15) is 0 Å². The van der Waals surface area contributed by atoms with E-state index >= 15 is 0 Å². The Morgan fingerprint density at radius 3 is 2.68 bits per heavy atom. The van der Waals surface area contributed by atoms with E-state index in [1.807, 2.05) is 12.1 Å². The second-order valence-electron chi connectivity index (χ2n) is 6.31. The molecule has 5 nitrogen and oxygen atoms in total. The predicted molar refractivity (Wildman–Crippen MR) is 103 cm³/mol. The molecular formula is C19H30ClN3O2. The molecule has 1 aromatic rings. The molecule has 1 aromatic carbocycles. The zero-order valence-corrected chi connectivity index (χ0v) is 15.9. The number of rotatable bonds is 10. The van der Waals surface area contributed by atoms with Crippen molar-refractivity contribution in [2.24, 2.45) is 10.9 Å². The van der Waals surface area contributed by atoms with Crippen LogP contribution in [0.2, 0.25) is 5.02 Å². The van der Waals surface area contributed by atoms with Crippen molar-refractivity contribution in [2.75, 3.05) is 46.6 Å². The molecule has 0 radical (unpaired) electrons. The summed E-state index contributed by atoms with van der Waals surface area (Å²) in [5.74, 6) is 1.43. The van der Waals surface area contributed by atoms with E-state index in [2.05, 4.69) is 27.8 Å². The van der Waals surface area contributed by atoms with Crippen LogP contribution in [0.5, 0.6) is 0 Å². The van der Waals surface area contributed by atoms with Crippen LogP contribution < -0.4 is 10.6 Å². The highest BCUT2D eigenvalue weighted by atomic mass is 35.5. The lowest BCUT2D eigenvalue weighted by atomic mass is 10.1. The van der Waals surface area contributed by atoms with Gasteiger partial charge in [-0.25, -0.2) is 0 Å². The first-order valence-corrected chi connectivity index (χ1v) is 9.50. The maximum absolute atomic E-state index is 5.90. The third-order valence-electron chi connectivity index (χ3n) is 4.21. The van der Waals surface area contributed by atoms with Crippen LogP contribution in [0.4, 0.5) is 0 Å². The summed E-state index contributed by atoms with van der Waals surface area (Å²) >= 11 is 5.90. The van der Waals surface area contributed by atoms with Gasteiger partial charge >= 0.3 is 0 Å². The molecule has 1 aliphatic rings. The van der Waals surface area contributed by atoms with Gasteiger partial charge in [-0.1, -0.05) is 23.7 Å². The number of guanidine groups is 1. The highest BCUT2D eigenvalue weighted by Crippen LogP contribution is 2.12. The minimum absolute atomic E-state index is 0.586. The van der Waals surface area contributed by atoms with E-state index in [-0.39, 0.29) is 0 Å². The van der Waals surface area contributed by atoms with Gasteiger partial charge in [0.2, 0.25) is 0 Å². The van der Waals surface area contributed by atoms with Gasteiger partial charge < -0.3 is 20.1 Å². The van der Waals surface area contributed by atoms with E-state index in [4.69, 9.17) is 21.1 Å². The molecule has 6 heteroatoms. The van der Waals surface area contributed by atoms with Gasteiger partial charge in [0.05, 0.1) is 13.2 Å². The molecule has 0 spiro atoms. The van der Waals surface area contributed by atoms with Gasteiger partial charge in [-0.2, -0.15) is 0 Å². The molecule has 0 amide bonds. The Labute approximate surface area is 156 Å². The SMILES string of the molecule is CN=C(NCCCOCC1CCOC1)NCCCc1ccc(Cl)cc1. The molecule has 2 N–H and O–H groups in total. The second-order valence-corrected chi connectivity index (χ2v) is 6.75. The fraction of sp³-hybridized carbons (Fsp3) is 0.632. The number of aryl methyl sites for hydroxylation is 1. The summed E-state index contributed by atoms with van der Waals surface area (Å²) in [6.45, 7) is 5.08. The Balaban J connectivity index is 1.46. The predicted octanol–water partition coefficient (Wildman–Crippen LogP) is 2.88. The number of benzene rings is 1. The number of ether oxygens (including phenoxy) is 2. The third kappa shape index (κ3) is 8.56. The summed E-state index contributed by atoms with van der Waals surface area (Å²) < 4.78 is 11.0. The Hall–Kier alpha value is -1.30. The molecule has 0 bridgehead atoms.